The van der Waals surface area contributed by atoms with Gasteiger partial charge in [0.15, 0.2) is 0 Å². The van der Waals surface area contributed by atoms with Crippen LogP contribution in [0.5, 0.6) is 0 Å². The van der Waals surface area contributed by atoms with Crippen LogP contribution in [0.15, 0.2) is 42.5 Å². The molecule has 4 rings (SSSR count). The third kappa shape index (κ3) is 2.36. The van der Waals surface area contributed by atoms with Crippen molar-refractivity contribution in [1.82, 2.24) is 4.90 Å². The van der Waals surface area contributed by atoms with Crippen molar-refractivity contribution in [1.29, 1.82) is 0 Å². The van der Waals surface area contributed by atoms with Gasteiger partial charge in [-0.2, -0.15) is 13.2 Å². The summed E-state index contributed by atoms with van der Waals surface area (Å²) >= 11 is 0. The number of hydrogen-bond acceptors (Lipinski definition) is 1. The Morgan fingerprint density at radius 3 is 2.48 bits per heavy atom. The smallest absolute Gasteiger partial charge is 0.299 e. The van der Waals surface area contributed by atoms with Gasteiger partial charge in [0, 0.05) is 6.04 Å². The van der Waals surface area contributed by atoms with Gasteiger partial charge in [-0.25, -0.2) is 0 Å². The van der Waals surface area contributed by atoms with E-state index in [-0.39, 0.29) is 0 Å². The molecule has 0 spiro atoms. The highest BCUT2D eigenvalue weighted by molar-refractivity contribution is 5.71. The van der Waals surface area contributed by atoms with Crippen molar-refractivity contribution in [2.45, 2.75) is 31.0 Å². The van der Waals surface area contributed by atoms with E-state index in [1.54, 1.807) is 12.1 Å². The summed E-state index contributed by atoms with van der Waals surface area (Å²) in [6.07, 6.45) is -1.99. The van der Waals surface area contributed by atoms with Crippen LogP contribution in [0.25, 0.3) is 11.1 Å². The molecule has 0 aromatic heterocycles. The molecule has 4 heteroatoms. The van der Waals surface area contributed by atoms with Crippen molar-refractivity contribution in [2.75, 3.05) is 13.6 Å². The van der Waals surface area contributed by atoms with Crippen LogP contribution in [0.4, 0.5) is 13.2 Å². The fourth-order valence-corrected chi connectivity index (χ4v) is 4.10. The maximum atomic E-state index is 12.8. The Morgan fingerprint density at radius 1 is 1.04 bits per heavy atom. The van der Waals surface area contributed by atoms with E-state index in [0.717, 1.165) is 30.5 Å². The van der Waals surface area contributed by atoms with Gasteiger partial charge in [-0.05, 0) is 66.7 Å². The maximum absolute atomic E-state index is 12.8. The third-order valence-electron chi connectivity index (χ3n) is 5.31. The SMILES string of the molecule is CN1CCC2CC1c1c(-c3ccc(C(F)(F)F)cc3)cccc12. The number of alkyl halides is 3. The molecule has 1 heterocycles. The normalized spacial score (nSPS) is 23.8. The summed E-state index contributed by atoms with van der Waals surface area (Å²) in [5.74, 6) is 0.598. The van der Waals surface area contributed by atoms with Crippen LogP contribution < -0.4 is 0 Å². The summed E-state index contributed by atoms with van der Waals surface area (Å²) in [5.41, 5.74) is 4.06. The number of fused-ring (bicyclic) bond motifs is 5. The second-order valence-electron chi connectivity index (χ2n) is 6.60. The van der Waals surface area contributed by atoms with E-state index < -0.39 is 11.7 Å². The molecule has 0 N–H and O–H groups in total. The highest BCUT2D eigenvalue weighted by Crippen LogP contribution is 2.51. The first-order valence-electron chi connectivity index (χ1n) is 7.96. The Hall–Kier alpha value is -1.81. The highest BCUT2D eigenvalue weighted by atomic mass is 19.4. The molecule has 23 heavy (non-hydrogen) atoms. The van der Waals surface area contributed by atoms with E-state index in [1.807, 2.05) is 12.1 Å². The number of hydrogen-bond donors (Lipinski definition) is 0. The van der Waals surface area contributed by atoms with Gasteiger partial charge in [0.2, 0.25) is 0 Å². The van der Waals surface area contributed by atoms with E-state index in [1.165, 1.54) is 23.3 Å². The van der Waals surface area contributed by atoms with E-state index in [9.17, 15) is 13.2 Å². The minimum Gasteiger partial charge on any atom is -0.299 e. The van der Waals surface area contributed by atoms with Gasteiger partial charge in [0.05, 0.1) is 5.56 Å². The van der Waals surface area contributed by atoms with Crippen LogP contribution in [0.1, 0.15) is 41.5 Å². The van der Waals surface area contributed by atoms with Gasteiger partial charge in [-0.15, -0.1) is 0 Å². The molecule has 2 aromatic rings. The Kier molecular flexibility index (Phi) is 3.27. The fourth-order valence-electron chi connectivity index (χ4n) is 4.10. The lowest BCUT2D eigenvalue weighted by molar-refractivity contribution is -0.137. The lowest BCUT2D eigenvalue weighted by Crippen LogP contribution is -2.28. The van der Waals surface area contributed by atoms with Crippen molar-refractivity contribution in [3.05, 3.63) is 59.2 Å². The average Bonchev–Trinajstić information content (AvgIpc) is 2.85. The second kappa shape index (κ2) is 5.10. The molecule has 2 atom stereocenters. The van der Waals surface area contributed by atoms with Gasteiger partial charge >= 0.3 is 6.18 Å². The number of nitrogens with zero attached hydrogens (tertiary/aromatic N) is 1. The summed E-state index contributed by atoms with van der Waals surface area (Å²) in [7, 11) is 2.14. The topological polar surface area (TPSA) is 3.24 Å². The number of benzene rings is 2. The molecule has 1 aliphatic heterocycles. The molecular weight excluding hydrogens is 299 g/mol. The zero-order chi connectivity index (χ0) is 16.2. The summed E-state index contributed by atoms with van der Waals surface area (Å²) < 4.78 is 38.3. The molecule has 1 nitrogen and oxygen atoms in total. The zero-order valence-corrected chi connectivity index (χ0v) is 12.9. The lowest BCUT2D eigenvalue weighted by atomic mass is 9.93. The Morgan fingerprint density at radius 2 is 1.78 bits per heavy atom. The molecule has 0 amide bonds. The molecule has 2 aromatic carbocycles. The van der Waals surface area contributed by atoms with Gasteiger partial charge in [0.25, 0.3) is 0 Å². The highest BCUT2D eigenvalue weighted by Gasteiger charge is 2.38. The van der Waals surface area contributed by atoms with Crippen LogP contribution in [0.2, 0.25) is 0 Å². The van der Waals surface area contributed by atoms with Crippen molar-refractivity contribution in [3.8, 4) is 11.1 Å². The summed E-state index contributed by atoms with van der Waals surface area (Å²) in [5, 5.41) is 0. The number of halogens is 3. The van der Waals surface area contributed by atoms with Crippen molar-refractivity contribution < 1.29 is 13.2 Å². The molecule has 1 fully saturated rings. The van der Waals surface area contributed by atoms with Crippen LogP contribution in [0.3, 0.4) is 0 Å². The first-order chi connectivity index (χ1) is 10.9. The van der Waals surface area contributed by atoms with Gasteiger partial charge in [-0.3, -0.25) is 4.90 Å². The molecule has 0 radical (unpaired) electrons. The Bertz CT molecular complexity index is 733. The number of piperidine rings is 1. The molecular formula is C19H18F3N. The van der Waals surface area contributed by atoms with Crippen LogP contribution in [-0.4, -0.2) is 18.5 Å². The minimum absolute atomic E-state index is 0.391. The molecule has 2 bridgehead atoms. The number of rotatable bonds is 1. The van der Waals surface area contributed by atoms with Gasteiger partial charge in [0.1, 0.15) is 0 Å². The quantitative estimate of drug-likeness (QED) is 0.695. The lowest BCUT2D eigenvalue weighted by Gasteiger charge is -2.30. The van der Waals surface area contributed by atoms with E-state index in [2.05, 4.69) is 18.0 Å². The van der Waals surface area contributed by atoms with Gasteiger partial charge in [-0.1, -0.05) is 30.3 Å². The first kappa shape index (κ1) is 14.8. The standard InChI is InChI=1S/C19H18F3N/c1-23-10-9-13-11-17(23)18-15(3-2-4-16(13)18)12-5-7-14(8-6-12)19(20,21)22/h2-8,13,17H,9-11H2,1H3. The molecule has 1 saturated heterocycles. The number of likely N-dealkylation sites (tertiary alicyclic amines) is 1. The van der Waals surface area contributed by atoms with Crippen molar-refractivity contribution in [3.63, 3.8) is 0 Å². The van der Waals surface area contributed by atoms with Crippen LogP contribution >= 0.6 is 0 Å². The molecule has 1 aliphatic carbocycles. The van der Waals surface area contributed by atoms with Crippen LogP contribution in [-0.2, 0) is 6.18 Å². The average molecular weight is 317 g/mol. The second-order valence-corrected chi connectivity index (χ2v) is 6.60. The maximum Gasteiger partial charge on any atom is 0.416 e. The van der Waals surface area contributed by atoms with E-state index in [0.29, 0.717) is 12.0 Å². The van der Waals surface area contributed by atoms with E-state index in [4.69, 9.17) is 0 Å². The molecule has 0 saturated carbocycles. The zero-order valence-electron chi connectivity index (χ0n) is 12.9. The van der Waals surface area contributed by atoms with Gasteiger partial charge < -0.3 is 0 Å². The Labute approximate surface area is 133 Å². The predicted octanol–water partition coefficient (Wildman–Crippen LogP) is 5.24. The first-order valence-corrected chi connectivity index (χ1v) is 7.96. The largest absolute Gasteiger partial charge is 0.416 e. The molecule has 120 valence electrons. The fraction of sp³-hybridized carbons (Fsp3) is 0.368. The summed E-state index contributed by atoms with van der Waals surface area (Å²) in [6.45, 7) is 1.08. The summed E-state index contributed by atoms with van der Waals surface area (Å²) in [4.78, 5) is 2.37. The summed E-state index contributed by atoms with van der Waals surface area (Å²) in [6, 6.07) is 12.2. The minimum atomic E-state index is -4.28. The predicted molar refractivity (Wildman–Crippen MR) is 84.2 cm³/mol. The van der Waals surface area contributed by atoms with Crippen molar-refractivity contribution in [2.24, 2.45) is 0 Å². The van der Waals surface area contributed by atoms with Crippen molar-refractivity contribution >= 4 is 0 Å². The molecule has 2 unspecified atom stereocenters. The molecule has 2 aliphatic rings. The Balaban J connectivity index is 1.80. The third-order valence-corrected chi connectivity index (χ3v) is 5.31. The monoisotopic (exact) mass is 317 g/mol. The van der Waals surface area contributed by atoms with Crippen LogP contribution in [0, 0.1) is 0 Å². The van der Waals surface area contributed by atoms with E-state index >= 15 is 0 Å².